The highest BCUT2D eigenvalue weighted by atomic mass is 16.3. The second kappa shape index (κ2) is 3.74. The molecule has 0 aromatic heterocycles. The molecule has 3 atom stereocenters. The van der Waals surface area contributed by atoms with Crippen LogP contribution in [0.2, 0.25) is 0 Å². The summed E-state index contributed by atoms with van der Waals surface area (Å²) in [6, 6.07) is 0.819. The summed E-state index contributed by atoms with van der Waals surface area (Å²) in [6.45, 7) is 1.54. The van der Waals surface area contributed by atoms with E-state index < -0.39 is 0 Å². The number of nitrogens with one attached hydrogen (secondary N) is 1. The molecule has 0 radical (unpaired) electrons. The molecule has 3 aliphatic rings. The van der Waals surface area contributed by atoms with Crippen molar-refractivity contribution in [3.63, 3.8) is 0 Å². The van der Waals surface area contributed by atoms with Crippen molar-refractivity contribution in [1.29, 1.82) is 0 Å². The molecule has 2 N–H and O–H groups in total. The van der Waals surface area contributed by atoms with E-state index >= 15 is 0 Å². The highest BCUT2D eigenvalue weighted by molar-refractivity contribution is 4.99. The lowest BCUT2D eigenvalue weighted by atomic mass is 9.94. The quantitative estimate of drug-likeness (QED) is 0.725. The first-order chi connectivity index (χ1) is 7.31. The standard InChI is InChI=1S/C13H23NO/c15-6-5-13(3-4-13)9-14-12-8-10-1-2-11(12)7-10/h10-12,14-15H,1-9H2. The number of hydrogen-bond acceptors (Lipinski definition) is 2. The van der Waals surface area contributed by atoms with Crippen LogP contribution in [-0.4, -0.2) is 24.3 Å². The van der Waals surface area contributed by atoms with Gasteiger partial charge in [0, 0.05) is 19.2 Å². The van der Waals surface area contributed by atoms with Crippen molar-refractivity contribution in [2.24, 2.45) is 17.3 Å². The van der Waals surface area contributed by atoms with Crippen molar-refractivity contribution in [2.45, 2.75) is 51.0 Å². The Labute approximate surface area is 92.4 Å². The molecule has 15 heavy (non-hydrogen) atoms. The van der Waals surface area contributed by atoms with Gasteiger partial charge < -0.3 is 10.4 Å². The van der Waals surface area contributed by atoms with E-state index in [2.05, 4.69) is 5.32 Å². The first-order valence-corrected chi connectivity index (χ1v) is 6.66. The van der Waals surface area contributed by atoms with Gasteiger partial charge in [-0.1, -0.05) is 6.42 Å². The molecule has 3 saturated carbocycles. The van der Waals surface area contributed by atoms with E-state index in [9.17, 15) is 0 Å². The monoisotopic (exact) mass is 209 g/mol. The fraction of sp³-hybridized carbons (Fsp3) is 1.00. The maximum atomic E-state index is 9.01. The predicted molar refractivity (Wildman–Crippen MR) is 60.6 cm³/mol. The SMILES string of the molecule is OCCC1(CNC2CC3CCC2C3)CC1. The summed E-state index contributed by atoms with van der Waals surface area (Å²) < 4.78 is 0. The fourth-order valence-corrected chi connectivity index (χ4v) is 3.77. The second-order valence-corrected chi connectivity index (χ2v) is 6.14. The third kappa shape index (κ3) is 1.94. The number of rotatable bonds is 5. The minimum absolute atomic E-state index is 0.373. The average Bonchev–Trinajstić information content (AvgIpc) is 2.73. The molecule has 3 aliphatic carbocycles. The molecule has 0 spiro atoms. The number of aliphatic hydroxyl groups is 1. The largest absolute Gasteiger partial charge is 0.396 e. The minimum atomic E-state index is 0.373. The Bertz CT molecular complexity index is 237. The fourth-order valence-electron chi connectivity index (χ4n) is 3.77. The molecule has 3 fully saturated rings. The lowest BCUT2D eigenvalue weighted by Gasteiger charge is -2.25. The summed E-state index contributed by atoms with van der Waals surface area (Å²) in [4.78, 5) is 0. The first kappa shape index (κ1) is 10.1. The van der Waals surface area contributed by atoms with Gasteiger partial charge in [0.2, 0.25) is 0 Å². The van der Waals surface area contributed by atoms with Crippen molar-refractivity contribution >= 4 is 0 Å². The van der Waals surface area contributed by atoms with Crippen LogP contribution < -0.4 is 5.32 Å². The van der Waals surface area contributed by atoms with Crippen molar-refractivity contribution in [3.8, 4) is 0 Å². The van der Waals surface area contributed by atoms with Crippen LogP contribution in [0.25, 0.3) is 0 Å². The van der Waals surface area contributed by atoms with E-state index in [-0.39, 0.29) is 0 Å². The summed E-state index contributed by atoms with van der Waals surface area (Å²) in [5, 5.41) is 12.8. The molecule has 0 amide bonds. The normalized spacial score (nSPS) is 41.0. The van der Waals surface area contributed by atoms with Crippen LogP contribution >= 0.6 is 0 Å². The van der Waals surface area contributed by atoms with Gasteiger partial charge in [-0.2, -0.15) is 0 Å². The Morgan fingerprint density at radius 1 is 1.20 bits per heavy atom. The first-order valence-electron chi connectivity index (χ1n) is 6.66. The van der Waals surface area contributed by atoms with Gasteiger partial charge in [-0.05, 0) is 55.8 Å². The van der Waals surface area contributed by atoms with Crippen LogP contribution in [0.15, 0.2) is 0 Å². The zero-order valence-corrected chi connectivity index (χ0v) is 9.54. The molecule has 2 heteroatoms. The summed E-state index contributed by atoms with van der Waals surface area (Å²) in [5.74, 6) is 2.03. The molecule has 0 aliphatic heterocycles. The number of aliphatic hydroxyl groups excluding tert-OH is 1. The maximum absolute atomic E-state index is 9.01. The molecule has 3 rings (SSSR count). The van der Waals surface area contributed by atoms with Crippen molar-refractivity contribution in [3.05, 3.63) is 0 Å². The Balaban J connectivity index is 1.46. The third-order valence-corrected chi connectivity index (χ3v) is 5.08. The van der Waals surface area contributed by atoms with E-state index in [4.69, 9.17) is 5.11 Å². The summed E-state index contributed by atoms with van der Waals surface area (Å²) in [6.07, 6.45) is 9.56. The minimum Gasteiger partial charge on any atom is -0.396 e. The van der Waals surface area contributed by atoms with Crippen LogP contribution in [0.3, 0.4) is 0 Å². The summed E-state index contributed by atoms with van der Waals surface area (Å²) in [7, 11) is 0. The molecule has 0 aromatic rings. The van der Waals surface area contributed by atoms with Gasteiger partial charge in [-0.25, -0.2) is 0 Å². The van der Waals surface area contributed by atoms with Gasteiger partial charge in [0.15, 0.2) is 0 Å². The Morgan fingerprint density at radius 3 is 2.60 bits per heavy atom. The van der Waals surface area contributed by atoms with E-state index in [1.54, 1.807) is 0 Å². The molecule has 3 unspecified atom stereocenters. The average molecular weight is 209 g/mol. The van der Waals surface area contributed by atoms with Crippen LogP contribution in [0.1, 0.15) is 44.9 Å². The van der Waals surface area contributed by atoms with Crippen molar-refractivity contribution in [2.75, 3.05) is 13.2 Å². The van der Waals surface area contributed by atoms with Gasteiger partial charge in [0.25, 0.3) is 0 Å². The molecule has 0 aromatic carbocycles. The number of hydrogen-bond donors (Lipinski definition) is 2. The molecule has 2 bridgehead atoms. The zero-order chi connectivity index (χ0) is 10.3. The molecular weight excluding hydrogens is 186 g/mol. The lowest BCUT2D eigenvalue weighted by molar-refractivity contribution is 0.235. The topological polar surface area (TPSA) is 32.3 Å². The predicted octanol–water partition coefficient (Wildman–Crippen LogP) is 1.93. The summed E-state index contributed by atoms with van der Waals surface area (Å²) in [5.41, 5.74) is 0.497. The van der Waals surface area contributed by atoms with E-state index in [1.807, 2.05) is 0 Å². The van der Waals surface area contributed by atoms with Gasteiger partial charge in [0.05, 0.1) is 0 Å². The van der Waals surface area contributed by atoms with E-state index in [0.29, 0.717) is 12.0 Å². The summed E-state index contributed by atoms with van der Waals surface area (Å²) >= 11 is 0. The molecule has 2 nitrogen and oxygen atoms in total. The van der Waals surface area contributed by atoms with Crippen LogP contribution in [0.5, 0.6) is 0 Å². The molecular formula is C13H23NO. The maximum Gasteiger partial charge on any atom is 0.0436 e. The smallest absolute Gasteiger partial charge is 0.0436 e. The van der Waals surface area contributed by atoms with E-state index in [0.717, 1.165) is 24.3 Å². The highest BCUT2D eigenvalue weighted by Crippen LogP contribution is 2.49. The van der Waals surface area contributed by atoms with Crippen LogP contribution in [-0.2, 0) is 0 Å². The van der Waals surface area contributed by atoms with Gasteiger partial charge in [0.1, 0.15) is 0 Å². The third-order valence-electron chi connectivity index (χ3n) is 5.08. The molecule has 86 valence electrons. The molecule has 0 saturated heterocycles. The van der Waals surface area contributed by atoms with Gasteiger partial charge in [-0.3, -0.25) is 0 Å². The second-order valence-electron chi connectivity index (χ2n) is 6.14. The van der Waals surface area contributed by atoms with Crippen molar-refractivity contribution < 1.29 is 5.11 Å². The van der Waals surface area contributed by atoms with Gasteiger partial charge in [-0.15, -0.1) is 0 Å². The molecule has 0 heterocycles. The Morgan fingerprint density at radius 2 is 2.07 bits per heavy atom. The highest BCUT2D eigenvalue weighted by Gasteiger charge is 2.44. The Kier molecular flexibility index (Phi) is 2.52. The van der Waals surface area contributed by atoms with Crippen LogP contribution in [0, 0.1) is 17.3 Å². The van der Waals surface area contributed by atoms with Gasteiger partial charge >= 0.3 is 0 Å². The zero-order valence-electron chi connectivity index (χ0n) is 9.54. The number of fused-ring (bicyclic) bond motifs is 2. The van der Waals surface area contributed by atoms with Crippen molar-refractivity contribution in [1.82, 2.24) is 5.32 Å². The lowest BCUT2D eigenvalue weighted by Crippen LogP contribution is -2.38. The van der Waals surface area contributed by atoms with Crippen LogP contribution in [0.4, 0.5) is 0 Å². The van der Waals surface area contributed by atoms with E-state index in [1.165, 1.54) is 45.1 Å². The Hall–Kier alpha value is -0.0800.